The van der Waals surface area contributed by atoms with Crippen LogP contribution in [0, 0.1) is 0 Å². The van der Waals surface area contributed by atoms with Gasteiger partial charge in [0.25, 0.3) is 0 Å². The van der Waals surface area contributed by atoms with E-state index in [0.29, 0.717) is 5.69 Å². The van der Waals surface area contributed by atoms with Gasteiger partial charge in [0.05, 0.1) is 11.5 Å². The summed E-state index contributed by atoms with van der Waals surface area (Å²) < 4.78 is 26.0. The van der Waals surface area contributed by atoms with Crippen LogP contribution in [-0.2, 0) is 10.0 Å². The number of rotatable bonds is 5. The first-order valence-corrected chi connectivity index (χ1v) is 6.98. The minimum atomic E-state index is -3.50. The van der Waals surface area contributed by atoms with E-state index in [1.54, 1.807) is 12.1 Å². The number of nitrogen functional groups attached to an aromatic ring is 1. The molecule has 1 saturated carbocycles. The highest BCUT2D eigenvalue weighted by Crippen LogP contribution is 2.31. The molecule has 2 rings (SSSR count). The average Bonchev–Trinajstić information content (AvgIpc) is 3.10. The van der Waals surface area contributed by atoms with E-state index >= 15 is 0 Å². The maximum absolute atomic E-state index is 12.3. The van der Waals surface area contributed by atoms with Crippen molar-refractivity contribution in [2.45, 2.75) is 23.8 Å². The molecule has 6 heteroatoms. The molecule has 0 aromatic heterocycles. The quantitative estimate of drug-likeness (QED) is 0.748. The summed E-state index contributed by atoms with van der Waals surface area (Å²) in [5.74, 6) is 0. The monoisotopic (exact) mass is 256 g/mol. The molecule has 94 valence electrons. The van der Waals surface area contributed by atoms with Gasteiger partial charge in [-0.1, -0.05) is 0 Å². The molecule has 0 saturated heterocycles. The smallest absolute Gasteiger partial charge is 0.243 e. The van der Waals surface area contributed by atoms with E-state index in [4.69, 9.17) is 10.8 Å². The van der Waals surface area contributed by atoms with Crippen LogP contribution in [0.1, 0.15) is 12.8 Å². The van der Waals surface area contributed by atoms with E-state index in [1.165, 1.54) is 16.4 Å². The average molecular weight is 256 g/mol. The Morgan fingerprint density at radius 1 is 1.29 bits per heavy atom. The molecule has 0 aliphatic heterocycles. The van der Waals surface area contributed by atoms with Crippen molar-refractivity contribution in [2.24, 2.45) is 0 Å². The lowest BCUT2D eigenvalue weighted by atomic mass is 10.3. The molecular weight excluding hydrogens is 240 g/mol. The molecule has 0 atom stereocenters. The highest BCUT2D eigenvalue weighted by Gasteiger charge is 2.37. The predicted octanol–water partition coefficient (Wildman–Crippen LogP) is 0.414. The Kier molecular flexibility index (Phi) is 3.37. The highest BCUT2D eigenvalue weighted by atomic mass is 32.2. The van der Waals surface area contributed by atoms with Gasteiger partial charge in [0.15, 0.2) is 0 Å². The second-order valence-corrected chi connectivity index (χ2v) is 6.03. The van der Waals surface area contributed by atoms with Crippen molar-refractivity contribution in [3.63, 3.8) is 0 Å². The summed E-state index contributed by atoms with van der Waals surface area (Å²) in [6, 6.07) is 6.17. The number of nitrogens with two attached hydrogens (primary N) is 1. The Morgan fingerprint density at radius 3 is 2.35 bits per heavy atom. The standard InChI is InChI=1S/C11H16N2O3S/c12-9-1-5-11(6-2-9)17(15,16)13(7-8-14)10-3-4-10/h1-2,5-6,10,14H,3-4,7-8,12H2. The number of anilines is 1. The van der Waals surface area contributed by atoms with Crippen LogP contribution in [-0.4, -0.2) is 37.0 Å². The van der Waals surface area contributed by atoms with Gasteiger partial charge < -0.3 is 10.8 Å². The van der Waals surface area contributed by atoms with Crippen LogP contribution in [0.25, 0.3) is 0 Å². The van der Waals surface area contributed by atoms with Gasteiger partial charge in [-0.05, 0) is 37.1 Å². The maximum atomic E-state index is 12.3. The molecule has 0 spiro atoms. The Balaban J connectivity index is 2.30. The third kappa shape index (κ3) is 2.59. The number of hydrogen-bond donors (Lipinski definition) is 2. The maximum Gasteiger partial charge on any atom is 0.243 e. The van der Waals surface area contributed by atoms with Crippen molar-refractivity contribution in [1.82, 2.24) is 4.31 Å². The fraction of sp³-hybridized carbons (Fsp3) is 0.455. The topological polar surface area (TPSA) is 83.6 Å². The van der Waals surface area contributed by atoms with E-state index in [0.717, 1.165) is 12.8 Å². The lowest BCUT2D eigenvalue weighted by Gasteiger charge is -2.20. The van der Waals surface area contributed by atoms with Crippen LogP contribution < -0.4 is 5.73 Å². The summed E-state index contributed by atoms with van der Waals surface area (Å²) in [6.07, 6.45) is 1.74. The van der Waals surface area contributed by atoms with Gasteiger partial charge in [0.2, 0.25) is 10.0 Å². The molecule has 0 heterocycles. The summed E-state index contributed by atoms with van der Waals surface area (Å²) in [6.45, 7) is -0.0118. The number of benzene rings is 1. The third-order valence-corrected chi connectivity index (χ3v) is 4.73. The lowest BCUT2D eigenvalue weighted by Crippen LogP contribution is -2.35. The van der Waals surface area contributed by atoms with Gasteiger partial charge in [-0.2, -0.15) is 4.31 Å². The van der Waals surface area contributed by atoms with Gasteiger partial charge in [0.1, 0.15) is 0 Å². The van der Waals surface area contributed by atoms with Gasteiger partial charge in [-0.3, -0.25) is 0 Å². The van der Waals surface area contributed by atoms with Crippen LogP contribution in [0.15, 0.2) is 29.2 Å². The van der Waals surface area contributed by atoms with Crippen molar-refractivity contribution in [3.8, 4) is 0 Å². The lowest BCUT2D eigenvalue weighted by molar-refractivity contribution is 0.250. The minimum absolute atomic E-state index is 0.0460. The van der Waals surface area contributed by atoms with Crippen molar-refractivity contribution < 1.29 is 13.5 Å². The van der Waals surface area contributed by atoms with Crippen molar-refractivity contribution in [2.75, 3.05) is 18.9 Å². The summed E-state index contributed by atoms with van der Waals surface area (Å²) in [4.78, 5) is 0.229. The molecule has 3 N–H and O–H groups in total. The zero-order chi connectivity index (χ0) is 12.5. The molecule has 5 nitrogen and oxygen atoms in total. The largest absolute Gasteiger partial charge is 0.399 e. The molecule has 1 aliphatic rings. The van der Waals surface area contributed by atoms with Gasteiger partial charge in [-0.15, -0.1) is 0 Å². The van der Waals surface area contributed by atoms with Crippen molar-refractivity contribution >= 4 is 15.7 Å². The van der Waals surface area contributed by atoms with E-state index in [2.05, 4.69) is 0 Å². The zero-order valence-electron chi connectivity index (χ0n) is 9.41. The molecule has 1 aliphatic carbocycles. The molecule has 0 amide bonds. The number of aliphatic hydroxyl groups is 1. The van der Waals surface area contributed by atoms with E-state index in [9.17, 15) is 8.42 Å². The first-order chi connectivity index (χ1) is 8.05. The Labute approximate surface area is 101 Å². The first kappa shape index (κ1) is 12.3. The fourth-order valence-corrected chi connectivity index (χ4v) is 3.41. The molecule has 1 aromatic carbocycles. The SMILES string of the molecule is Nc1ccc(S(=O)(=O)N(CCO)C2CC2)cc1. The molecular formula is C11H16N2O3S. The highest BCUT2D eigenvalue weighted by molar-refractivity contribution is 7.89. The van der Waals surface area contributed by atoms with E-state index in [-0.39, 0.29) is 24.1 Å². The van der Waals surface area contributed by atoms with Gasteiger partial charge in [-0.25, -0.2) is 8.42 Å². The number of aliphatic hydroxyl groups excluding tert-OH is 1. The summed E-state index contributed by atoms with van der Waals surface area (Å²) in [5, 5.41) is 8.94. The van der Waals surface area contributed by atoms with E-state index < -0.39 is 10.0 Å². The number of hydrogen-bond acceptors (Lipinski definition) is 4. The first-order valence-electron chi connectivity index (χ1n) is 5.54. The van der Waals surface area contributed by atoms with Crippen molar-refractivity contribution in [3.05, 3.63) is 24.3 Å². The van der Waals surface area contributed by atoms with Gasteiger partial charge >= 0.3 is 0 Å². The molecule has 0 bridgehead atoms. The Morgan fingerprint density at radius 2 is 1.88 bits per heavy atom. The predicted molar refractivity (Wildman–Crippen MR) is 64.9 cm³/mol. The Bertz CT molecular complexity index is 480. The number of nitrogens with zero attached hydrogens (tertiary/aromatic N) is 1. The van der Waals surface area contributed by atoms with Gasteiger partial charge in [0, 0.05) is 18.3 Å². The third-order valence-electron chi connectivity index (χ3n) is 2.76. The van der Waals surface area contributed by atoms with E-state index in [1.807, 2.05) is 0 Å². The second kappa shape index (κ2) is 4.64. The van der Waals surface area contributed by atoms with Crippen LogP contribution in [0.3, 0.4) is 0 Å². The van der Waals surface area contributed by atoms with Crippen LogP contribution in [0.2, 0.25) is 0 Å². The summed E-state index contributed by atoms with van der Waals surface area (Å²) >= 11 is 0. The summed E-state index contributed by atoms with van der Waals surface area (Å²) in [5.41, 5.74) is 6.06. The number of sulfonamides is 1. The fourth-order valence-electron chi connectivity index (χ4n) is 1.74. The van der Waals surface area contributed by atoms with Crippen LogP contribution >= 0.6 is 0 Å². The molecule has 1 aromatic rings. The van der Waals surface area contributed by atoms with Crippen LogP contribution in [0.4, 0.5) is 5.69 Å². The Hall–Kier alpha value is -1.11. The minimum Gasteiger partial charge on any atom is -0.399 e. The molecule has 1 fully saturated rings. The molecule has 0 unspecified atom stereocenters. The second-order valence-electron chi connectivity index (χ2n) is 4.14. The van der Waals surface area contributed by atoms with Crippen LogP contribution in [0.5, 0.6) is 0 Å². The normalized spacial score (nSPS) is 16.4. The van der Waals surface area contributed by atoms with Crippen molar-refractivity contribution in [1.29, 1.82) is 0 Å². The molecule has 0 radical (unpaired) electrons. The zero-order valence-corrected chi connectivity index (χ0v) is 10.2. The summed E-state index contributed by atoms with van der Waals surface area (Å²) in [7, 11) is -3.50. The molecule has 17 heavy (non-hydrogen) atoms.